The molecule has 1 rings (SSSR count). The summed E-state index contributed by atoms with van der Waals surface area (Å²) in [6.45, 7) is 5.54. The fraction of sp³-hybridized carbons (Fsp3) is 0.769. The van der Waals surface area contributed by atoms with Crippen LogP contribution < -0.4 is 10.6 Å². The van der Waals surface area contributed by atoms with Gasteiger partial charge in [0.2, 0.25) is 11.8 Å². The van der Waals surface area contributed by atoms with Crippen LogP contribution in [0.25, 0.3) is 0 Å². The average Bonchev–Trinajstić information content (AvgIpc) is 2.36. The van der Waals surface area contributed by atoms with Crippen LogP contribution in [0.15, 0.2) is 0 Å². The van der Waals surface area contributed by atoms with E-state index in [1.54, 1.807) is 0 Å². The maximum atomic E-state index is 12.1. The summed E-state index contributed by atoms with van der Waals surface area (Å²) in [7, 11) is 0. The summed E-state index contributed by atoms with van der Waals surface area (Å²) in [5.41, 5.74) is 0. The summed E-state index contributed by atoms with van der Waals surface area (Å²) in [6.07, 6.45) is 0.653. The molecule has 0 aromatic rings. The third-order valence-corrected chi connectivity index (χ3v) is 3.14. The number of nitrogens with one attached hydrogen (secondary N) is 2. The maximum absolute atomic E-state index is 12.1. The number of carboxylic acid groups (broad SMARTS) is 1. The number of carboxylic acids is 1. The van der Waals surface area contributed by atoms with Crippen LogP contribution in [0.2, 0.25) is 0 Å². The van der Waals surface area contributed by atoms with E-state index in [-0.39, 0.29) is 18.2 Å². The van der Waals surface area contributed by atoms with E-state index < -0.39 is 12.0 Å². The Kier molecular flexibility index (Phi) is 6.44. The lowest BCUT2D eigenvalue weighted by molar-refractivity contribution is -0.148. The Morgan fingerprint density at radius 1 is 1.50 bits per heavy atom. The van der Waals surface area contributed by atoms with E-state index in [1.807, 2.05) is 13.8 Å². The highest BCUT2D eigenvalue weighted by Gasteiger charge is 2.34. The largest absolute Gasteiger partial charge is 0.481 e. The predicted octanol–water partition coefficient (Wildman–Crippen LogP) is -0.434. The first kappa shape index (κ1) is 16.4. The van der Waals surface area contributed by atoms with Crippen LogP contribution in [-0.2, 0) is 14.4 Å². The van der Waals surface area contributed by atoms with Gasteiger partial charge in [-0.1, -0.05) is 13.8 Å². The summed E-state index contributed by atoms with van der Waals surface area (Å²) in [4.78, 5) is 36.0. The minimum atomic E-state index is -1.08. The van der Waals surface area contributed by atoms with E-state index in [1.165, 1.54) is 4.90 Å². The zero-order valence-corrected chi connectivity index (χ0v) is 12.0. The van der Waals surface area contributed by atoms with Crippen molar-refractivity contribution < 1.29 is 19.5 Å². The molecule has 0 radical (unpaired) electrons. The van der Waals surface area contributed by atoms with Gasteiger partial charge in [-0.25, -0.2) is 0 Å². The molecule has 3 N–H and O–H groups in total. The molecule has 7 nitrogen and oxygen atoms in total. The van der Waals surface area contributed by atoms with Gasteiger partial charge in [0.25, 0.3) is 0 Å². The zero-order chi connectivity index (χ0) is 15.1. The number of rotatable bonds is 7. The van der Waals surface area contributed by atoms with Crippen LogP contribution >= 0.6 is 0 Å². The molecular weight excluding hydrogens is 262 g/mol. The predicted molar refractivity (Wildman–Crippen MR) is 73.1 cm³/mol. The molecule has 1 heterocycles. The number of carbonyl (C=O) groups excluding carboxylic acids is 2. The Morgan fingerprint density at radius 2 is 2.20 bits per heavy atom. The average molecular weight is 285 g/mol. The third kappa shape index (κ3) is 5.16. The molecule has 0 aliphatic carbocycles. The minimum Gasteiger partial charge on any atom is -0.481 e. The molecule has 1 aliphatic heterocycles. The van der Waals surface area contributed by atoms with Crippen LogP contribution in [0.3, 0.4) is 0 Å². The second-order valence-corrected chi connectivity index (χ2v) is 5.20. The molecule has 0 aromatic carbocycles. The highest BCUT2D eigenvalue weighted by Crippen LogP contribution is 2.11. The Labute approximate surface area is 118 Å². The van der Waals surface area contributed by atoms with Crippen LogP contribution in [-0.4, -0.2) is 59.5 Å². The molecular formula is C13H23N3O4. The molecule has 0 aromatic heterocycles. The quantitative estimate of drug-likeness (QED) is 0.551. The van der Waals surface area contributed by atoms with Gasteiger partial charge in [0.05, 0.1) is 6.42 Å². The molecule has 1 unspecified atom stereocenters. The standard InChI is InChI=1S/C13H23N3O4/c1-9(2)14-5-3-4-11(17)16-7-6-15-13(20)10(16)8-12(18)19/h9-10,14H,3-8H2,1-2H3,(H,15,20)(H,18,19). The normalized spacial score (nSPS) is 19.1. The van der Waals surface area contributed by atoms with E-state index in [9.17, 15) is 14.4 Å². The lowest BCUT2D eigenvalue weighted by Crippen LogP contribution is -2.57. The number of hydrogen-bond acceptors (Lipinski definition) is 4. The van der Waals surface area contributed by atoms with Crippen molar-refractivity contribution in [2.45, 2.75) is 45.2 Å². The molecule has 2 amide bonds. The van der Waals surface area contributed by atoms with E-state index in [0.717, 1.165) is 6.54 Å². The lowest BCUT2D eigenvalue weighted by Gasteiger charge is -2.34. The second kappa shape index (κ2) is 7.84. The molecule has 114 valence electrons. The molecule has 1 atom stereocenters. The first-order valence-corrected chi connectivity index (χ1v) is 6.94. The maximum Gasteiger partial charge on any atom is 0.305 e. The van der Waals surface area contributed by atoms with Gasteiger partial charge in [0.15, 0.2) is 0 Å². The van der Waals surface area contributed by atoms with E-state index >= 15 is 0 Å². The molecule has 7 heteroatoms. The first-order chi connectivity index (χ1) is 9.41. The Balaban J connectivity index is 2.50. The van der Waals surface area contributed by atoms with Crippen molar-refractivity contribution >= 4 is 17.8 Å². The summed E-state index contributed by atoms with van der Waals surface area (Å²) in [5.74, 6) is -1.62. The number of aliphatic carboxylic acids is 1. The van der Waals surface area contributed by atoms with E-state index in [0.29, 0.717) is 32.0 Å². The van der Waals surface area contributed by atoms with Crippen LogP contribution in [0.1, 0.15) is 33.1 Å². The van der Waals surface area contributed by atoms with Crippen molar-refractivity contribution in [3.8, 4) is 0 Å². The minimum absolute atomic E-state index is 0.156. The summed E-state index contributed by atoms with van der Waals surface area (Å²) < 4.78 is 0. The van der Waals surface area contributed by atoms with Crippen molar-refractivity contribution in [3.63, 3.8) is 0 Å². The Morgan fingerprint density at radius 3 is 2.80 bits per heavy atom. The highest BCUT2D eigenvalue weighted by atomic mass is 16.4. The van der Waals surface area contributed by atoms with Crippen molar-refractivity contribution in [1.82, 2.24) is 15.5 Å². The smallest absolute Gasteiger partial charge is 0.305 e. The molecule has 1 saturated heterocycles. The van der Waals surface area contributed by atoms with Gasteiger partial charge >= 0.3 is 5.97 Å². The van der Waals surface area contributed by atoms with E-state index in [4.69, 9.17) is 5.11 Å². The van der Waals surface area contributed by atoms with Crippen molar-refractivity contribution in [2.24, 2.45) is 0 Å². The van der Waals surface area contributed by atoms with Gasteiger partial charge in [-0.3, -0.25) is 14.4 Å². The van der Waals surface area contributed by atoms with Crippen molar-refractivity contribution in [2.75, 3.05) is 19.6 Å². The number of nitrogens with zero attached hydrogens (tertiary/aromatic N) is 1. The fourth-order valence-corrected chi connectivity index (χ4v) is 2.16. The van der Waals surface area contributed by atoms with Gasteiger partial charge in [-0.05, 0) is 13.0 Å². The van der Waals surface area contributed by atoms with Gasteiger partial charge < -0.3 is 20.6 Å². The Bertz CT molecular complexity index is 371. The van der Waals surface area contributed by atoms with Crippen LogP contribution in [0, 0.1) is 0 Å². The van der Waals surface area contributed by atoms with Gasteiger partial charge in [0, 0.05) is 25.6 Å². The van der Waals surface area contributed by atoms with E-state index in [2.05, 4.69) is 10.6 Å². The molecule has 1 fully saturated rings. The molecule has 1 aliphatic rings. The highest BCUT2D eigenvalue weighted by molar-refractivity contribution is 5.91. The molecule has 20 heavy (non-hydrogen) atoms. The summed E-state index contributed by atoms with van der Waals surface area (Å²) in [5, 5.41) is 14.6. The number of carbonyl (C=O) groups is 3. The number of amides is 2. The molecule has 0 saturated carbocycles. The zero-order valence-electron chi connectivity index (χ0n) is 12.0. The number of piperazine rings is 1. The second-order valence-electron chi connectivity index (χ2n) is 5.20. The SMILES string of the molecule is CC(C)NCCCC(=O)N1CCNC(=O)C1CC(=O)O. The fourth-order valence-electron chi connectivity index (χ4n) is 2.16. The summed E-state index contributed by atoms with van der Waals surface area (Å²) in [6, 6.07) is -0.516. The van der Waals surface area contributed by atoms with Crippen molar-refractivity contribution in [3.05, 3.63) is 0 Å². The monoisotopic (exact) mass is 285 g/mol. The first-order valence-electron chi connectivity index (χ1n) is 6.94. The molecule has 0 bridgehead atoms. The van der Waals surface area contributed by atoms with Crippen LogP contribution in [0.5, 0.6) is 0 Å². The van der Waals surface area contributed by atoms with Crippen molar-refractivity contribution in [1.29, 1.82) is 0 Å². The van der Waals surface area contributed by atoms with Gasteiger partial charge in [-0.15, -0.1) is 0 Å². The lowest BCUT2D eigenvalue weighted by atomic mass is 10.1. The summed E-state index contributed by atoms with van der Waals surface area (Å²) >= 11 is 0. The number of hydrogen-bond donors (Lipinski definition) is 3. The van der Waals surface area contributed by atoms with Crippen LogP contribution in [0.4, 0.5) is 0 Å². The topological polar surface area (TPSA) is 98.7 Å². The molecule has 0 spiro atoms. The van der Waals surface area contributed by atoms with Gasteiger partial charge in [0.1, 0.15) is 6.04 Å². The third-order valence-electron chi connectivity index (χ3n) is 3.14. The van der Waals surface area contributed by atoms with Gasteiger partial charge in [-0.2, -0.15) is 0 Å². The Hall–Kier alpha value is -1.63.